The monoisotopic (exact) mass is 471 g/mol. The molecule has 35 heavy (non-hydrogen) atoms. The summed E-state index contributed by atoms with van der Waals surface area (Å²) in [5.74, 6) is 0.981. The van der Waals surface area contributed by atoms with Crippen LogP contribution in [0, 0.1) is 0 Å². The molecule has 0 aliphatic rings. The van der Waals surface area contributed by atoms with E-state index in [0.29, 0.717) is 35.2 Å². The second kappa shape index (κ2) is 10.4. The number of anilines is 1. The number of aromatic nitrogens is 3. The number of pyridine rings is 1. The first kappa shape index (κ1) is 23.9. The fourth-order valence-electron chi connectivity index (χ4n) is 4.19. The first-order chi connectivity index (χ1) is 16.9. The van der Waals surface area contributed by atoms with Gasteiger partial charge in [0.2, 0.25) is 5.91 Å². The van der Waals surface area contributed by atoms with Crippen LogP contribution in [0.1, 0.15) is 36.8 Å². The van der Waals surface area contributed by atoms with Crippen LogP contribution in [-0.2, 0) is 17.8 Å². The highest BCUT2D eigenvalue weighted by Crippen LogP contribution is 2.31. The summed E-state index contributed by atoms with van der Waals surface area (Å²) in [6.07, 6.45) is 2.34. The zero-order valence-corrected chi connectivity index (χ0v) is 20.3. The number of amides is 2. The van der Waals surface area contributed by atoms with Crippen molar-refractivity contribution in [1.29, 1.82) is 0 Å². The van der Waals surface area contributed by atoms with E-state index in [1.54, 1.807) is 25.4 Å². The first-order valence-electron chi connectivity index (χ1n) is 11.6. The van der Waals surface area contributed by atoms with Gasteiger partial charge in [0.1, 0.15) is 11.6 Å². The van der Waals surface area contributed by atoms with Crippen molar-refractivity contribution in [3.63, 3.8) is 0 Å². The van der Waals surface area contributed by atoms with Crippen LogP contribution in [0.25, 0.3) is 22.4 Å². The Kier molecular flexibility index (Phi) is 7.10. The molecule has 0 fully saturated rings. The molecule has 0 aliphatic heterocycles. The average molecular weight is 472 g/mol. The lowest BCUT2D eigenvalue weighted by Gasteiger charge is -2.16. The van der Waals surface area contributed by atoms with Crippen molar-refractivity contribution in [3.05, 3.63) is 72.1 Å². The quantitative estimate of drug-likeness (QED) is 0.396. The van der Waals surface area contributed by atoms with Crippen molar-refractivity contribution in [1.82, 2.24) is 19.9 Å². The second-order valence-corrected chi connectivity index (χ2v) is 8.38. The maximum absolute atomic E-state index is 13.5. The molecule has 4 rings (SSSR count). The molecule has 2 amide bonds. The Labute approximate surface area is 204 Å². The van der Waals surface area contributed by atoms with Gasteiger partial charge in [0.25, 0.3) is 5.91 Å². The number of hydrogen-bond donors (Lipinski definition) is 2. The van der Waals surface area contributed by atoms with Gasteiger partial charge in [-0.3, -0.25) is 14.6 Å². The van der Waals surface area contributed by atoms with Gasteiger partial charge in [-0.1, -0.05) is 18.2 Å². The highest BCUT2D eigenvalue weighted by Gasteiger charge is 2.22. The van der Waals surface area contributed by atoms with Crippen molar-refractivity contribution in [2.75, 3.05) is 12.4 Å². The lowest BCUT2D eigenvalue weighted by molar-refractivity contribution is -0.114. The minimum absolute atomic E-state index is 0.146. The number of rotatable bonds is 8. The third-order valence-electron chi connectivity index (χ3n) is 5.67. The molecule has 180 valence electrons. The zero-order valence-electron chi connectivity index (χ0n) is 20.3. The summed E-state index contributed by atoms with van der Waals surface area (Å²) in [7, 11) is 1.62. The van der Waals surface area contributed by atoms with Gasteiger partial charge in [-0.2, -0.15) is 0 Å². The van der Waals surface area contributed by atoms with Crippen LogP contribution in [0.5, 0.6) is 5.75 Å². The van der Waals surface area contributed by atoms with E-state index >= 15 is 0 Å². The molecule has 2 aromatic heterocycles. The van der Waals surface area contributed by atoms with Gasteiger partial charge in [-0.25, -0.2) is 4.98 Å². The largest absolute Gasteiger partial charge is 0.497 e. The normalized spacial score (nSPS) is 11.8. The number of benzene rings is 2. The first-order valence-corrected chi connectivity index (χ1v) is 11.6. The van der Waals surface area contributed by atoms with E-state index in [1.807, 2.05) is 60.9 Å². The Morgan fingerprint density at radius 3 is 2.63 bits per heavy atom. The summed E-state index contributed by atoms with van der Waals surface area (Å²) >= 11 is 0. The molecule has 0 radical (unpaired) electrons. The van der Waals surface area contributed by atoms with Crippen molar-refractivity contribution in [3.8, 4) is 17.1 Å². The minimum Gasteiger partial charge on any atom is -0.497 e. The van der Waals surface area contributed by atoms with Crippen LogP contribution in [0.3, 0.4) is 0 Å². The maximum Gasteiger partial charge on any atom is 0.253 e. The van der Waals surface area contributed by atoms with Crippen LogP contribution < -0.4 is 15.4 Å². The lowest BCUT2D eigenvalue weighted by Crippen LogP contribution is -2.34. The standard InChI is InChI=1S/C27H29N5O3/c1-5-32-25-23(27(34)29-17(2)13-20-10-6-7-12-28-20)15-21(30-18(3)33)16-24(25)31-26(32)19-9-8-11-22(14-19)35-4/h6-12,14-17H,5,13H2,1-4H3,(H,29,34)(H,30,33). The Bertz CT molecular complexity index is 1360. The van der Waals surface area contributed by atoms with Gasteiger partial charge in [-0.15, -0.1) is 0 Å². The Balaban J connectivity index is 1.78. The number of carbonyl (C=O) groups is 2. The van der Waals surface area contributed by atoms with E-state index in [-0.39, 0.29) is 17.9 Å². The number of nitrogens with zero attached hydrogens (tertiary/aromatic N) is 3. The fraction of sp³-hybridized carbons (Fsp3) is 0.259. The molecule has 0 spiro atoms. The van der Waals surface area contributed by atoms with E-state index in [1.165, 1.54) is 6.92 Å². The van der Waals surface area contributed by atoms with E-state index in [9.17, 15) is 9.59 Å². The minimum atomic E-state index is -0.238. The number of aryl methyl sites for hydroxylation is 1. The summed E-state index contributed by atoms with van der Waals surface area (Å²) in [5.41, 5.74) is 4.07. The molecule has 2 N–H and O–H groups in total. The van der Waals surface area contributed by atoms with Crippen molar-refractivity contribution in [2.24, 2.45) is 0 Å². The molecule has 0 saturated heterocycles. The van der Waals surface area contributed by atoms with Crippen LogP contribution in [-0.4, -0.2) is 39.5 Å². The van der Waals surface area contributed by atoms with Gasteiger partial charge in [0, 0.05) is 49.1 Å². The number of imidazole rings is 1. The number of fused-ring (bicyclic) bond motifs is 1. The predicted octanol–water partition coefficient (Wildman–Crippen LogP) is 4.45. The molecule has 8 nitrogen and oxygen atoms in total. The third-order valence-corrected chi connectivity index (χ3v) is 5.67. The van der Waals surface area contributed by atoms with E-state index in [4.69, 9.17) is 9.72 Å². The Morgan fingerprint density at radius 1 is 1.11 bits per heavy atom. The van der Waals surface area contributed by atoms with Crippen LogP contribution in [0.2, 0.25) is 0 Å². The molecular formula is C27H29N5O3. The van der Waals surface area contributed by atoms with E-state index in [0.717, 1.165) is 22.8 Å². The van der Waals surface area contributed by atoms with Crippen molar-refractivity contribution in [2.45, 2.75) is 39.8 Å². The van der Waals surface area contributed by atoms with Crippen LogP contribution >= 0.6 is 0 Å². The van der Waals surface area contributed by atoms with E-state index in [2.05, 4.69) is 15.6 Å². The van der Waals surface area contributed by atoms with E-state index < -0.39 is 0 Å². The molecule has 0 aliphatic carbocycles. The second-order valence-electron chi connectivity index (χ2n) is 8.38. The van der Waals surface area contributed by atoms with Gasteiger partial charge >= 0.3 is 0 Å². The highest BCUT2D eigenvalue weighted by molar-refractivity contribution is 6.08. The molecule has 1 atom stereocenters. The third kappa shape index (κ3) is 5.32. The van der Waals surface area contributed by atoms with Crippen molar-refractivity contribution >= 4 is 28.5 Å². The number of ether oxygens (including phenoxy) is 1. The Hall–Kier alpha value is -4.20. The molecule has 0 bridgehead atoms. The molecule has 8 heteroatoms. The SMILES string of the molecule is CCn1c(-c2cccc(OC)c2)nc2cc(NC(C)=O)cc(C(=O)NC(C)Cc3ccccn3)c21. The number of nitrogens with one attached hydrogen (secondary N) is 2. The van der Waals surface area contributed by atoms with Gasteiger partial charge in [-0.05, 0) is 50.2 Å². The Morgan fingerprint density at radius 2 is 1.94 bits per heavy atom. The van der Waals surface area contributed by atoms with Crippen LogP contribution in [0.15, 0.2) is 60.8 Å². The maximum atomic E-state index is 13.5. The molecule has 2 heterocycles. The molecule has 2 aromatic carbocycles. The molecule has 1 unspecified atom stereocenters. The summed E-state index contributed by atoms with van der Waals surface area (Å²) in [6, 6.07) is 16.7. The molecule has 4 aromatic rings. The summed E-state index contributed by atoms with van der Waals surface area (Å²) in [6.45, 7) is 6.00. The predicted molar refractivity (Wildman–Crippen MR) is 137 cm³/mol. The summed E-state index contributed by atoms with van der Waals surface area (Å²) in [5, 5.41) is 5.88. The van der Waals surface area contributed by atoms with Gasteiger partial charge in [0.05, 0.1) is 23.7 Å². The number of carbonyl (C=O) groups excluding carboxylic acids is 2. The smallest absolute Gasteiger partial charge is 0.253 e. The number of hydrogen-bond acceptors (Lipinski definition) is 5. The average Bonchev–Trinajstić information content (AvgIpc) is 3.22. The zero-order chi connectivity index (χ0) is 24.9. The molecule has 0 saturated carbocycles. The topological polar surface area (TPSA) is 98.1 Å². The van der Waals surface area contributed by atoms with Gasteiger partial charge < -0.3 is 19.9 Å². The highest BCUT2D eigenvalue weighted by atomic mass is 16.5. The molecular weight excluding hydrogens is 442 g/mol. The van der Waals surface area contributed by atoms with Crippen molar-refractivity contribution < 1.29 is 14.3 Å². The number of methoxy groups -OCH3 is 1. The van der Waals surface area contributed by atoms with Crippen LogP contribution in [0.4, 0.5) is 5.69 Å². The van der Waals surface area contributed by atoms with Gasteiger partial charge in [0.15, 0.2) is 0 Å². The summed E-state index contributed by atoms with van der Waals surface area (Å²) in [4.78, 5) is 34.5. The fourth-order valence-corrected chi connectivity index (χ4v) is 4.19. The summed E-state index contributed by atoms with van der Waals surface area (Å²) < 4.78 is 7.40. The lowest BCUT2D eigenvalue weighted by atomic mass is 10.1.